The molecule has 2 N–H and O–H groups in total. The summed E-state index contributed by atoms with van der Waals surface area (Å²) in [6.07, 6.45) is 3.13. The van der Waals surface area contributed by atoms with Crippen LogP contribution in [0.2, 0.25) is 0 Å². The van der Waals surface area contributed by atoms with E-state index in [1.165, 1.54) is 16.8 Å². The zero-order valence-electron chi connectivity index (χ0n) is 14.4. The average molecular weight is 292 g/mol. The molecular formula is C18H32N2O. The summed E-state index contributed by atoms with van der Waals surface area (Å²) in [4.78, 5) is 2.31. The minimum absolute atomic E-state index is 0.149. The van der Waals surface area contributed by atoms with Gasteiger partial charge < -0.3 is 15.3 Å². The molecule has 0 unspecified atom stereocenters. The molecule has 0 radical (unpaired) electrons. The molecule has 0 heterocycles. The molecule has 0 fully saturated rings. The van der Waals surface area contributed by atoms with Crippen LogP contribution < -0.4 is 10.2 Å². The summed E-state index contributed by atoms with van der Waals surface area (Å²) in [5.41, 5.74) is 4.11. The Morgan fingerprint density at radius 3 is 2.43 bits per heavy atom. The number of hydrogen-bond acceptors (Lipinski definition) is 3. The number of rotatable bonds is 8. The van der Waals surface area contributed by atoms with Crippen molar-refractivity contribution in [2.75, 3.05) is 25.1 Å². The van der Waals surface area contributed by atoms with E-state index in [2.05, 4.69) is 63.2 Å². The second-order valence-corrected chi connectivity index (χ2v) is 6.93. The topological polar surface area (TPSA) is 35.5 Å². The lowest BCUT2D eigenvalue weighted by molar-refractivity contribution is 0.283. The summed E-state index contributed by atoms with van der Waals surface area (Å²) in [7, 11) is 2.15. The molecule has 0 aliphatic heterocycles. The summed E-state index contributed by atoms with van der Waals surface area (Å²) in [6.45, 7) is 11.0. The van der Waals surface area contributed by atoms with Crippen LogP contribution in [0.3, 0.4) is 0 Å². The molecule has 0 amide bonds. The molecule has 21 heavy (non-hydrogen) atoms. The van der Waals surface area contributed by atoms with Gasteiger partial charge in [-0.2, -0.15) is 0 Å². The highest BCUT2D eigenvalue weighted by Crippen LogP contribution is 2.21. The van der Waals surface area contributed by atoms with E-state index in [9.17, 15) is 0 Å². The van der Waals surface area contributed by atoms with Gasteiger partial charge in [-0.1, -0.05) is 12.1 Å². The second-order valence-electron chi connectivity index (χ2n) is 6.93. The Hall–Kier alpha value is -1.06. The standard InChI is InChI=1S/C18H32N2O/c1-15-13-16(14-19-18(2,3)4)9-10-17(15)20(5)11-7-6-8-12-21/h9-10,13,19,21H,6-8,11-12,14H2,1-5H3. The van der Waals surface area contributed by atoms with Gasteiger partial charge in [0.25, 0.3) is 0 Å². The molecule has 0 bridgehead atoms. The highest BCUT2D eigenvalue weighted by molar-refractivity contribution is 5.53. The lowest BCUT2D eigenvalue weighted by Gasteiger charge is -2.23. The average Bonchev–Trinajstić information content (AvgIpc) is 2.40. The van der Waals surface area contributed by atoms with Crippen molar-refractivity contribution in [3.05, 3.63) is 29.3 Å². The van der Waals surface area contributed by atoms with Crippen LogP contribution in [-0.2, 0) is 6.54 Å². The Kier molecular flexibility index (Phi) is 7.20. The van der Waals surface area contributed by atoms with E-state index in [1.54, 1.807) is 0 Å². The van der Waals surface area contributed by atoms with Crippen molar-refractivity contribution < 1.29 is 5.11 Å². The lowest BCUT2D eigenvalue weighted by atomic mass is 10.1. The monoisotopic (exact) mass is 292 g/mol. The van der Waals surface area contributed by atoms with E-state index in [1.807, 2.05) is 0 Å². The van der Waals surface area contributed by atoms with Gasteiger partial charge >= 0.3 is 0 Å². The molecule has 0 atom stereocenters. The maximum atomic E-state index is 8.81. The van der Waals surface area contributed by atoms with E-state index in [-0.39, 0.29) is 5.54 Å². The van der Waals surface area contributed by atoms with Gasteiger partial charge in [-0.15, -0.1) is 0 Å². The third-order valence-electron chi connectivity index (χ3n) is 3.65. The summed E-state index contributed by atoms with van der Waals surface area (Å²) in [5.74, 6) is 0. The Labute approximate surface area is 130 Å². The minimum Gasteiger partial charge on any atom is -0.396 e. The molecular weight excluding hydrogens is 260 g/mol. The number of aryl methyl sites for hydroxylation is 1. The van der Waals surface area contributed by atoms with Gasteiger partial charge in [0.1, 0.15) is 0 Å². The molecule has 3 nitrogen and oxygen atoms in total. The predicted octanol–water partition coefficient (Wildman–Crippen LogP) is 3.48. The van der Waals surface area contributed by atoms with E-state index >= 15 is 0 Å². The third kappa shape index (κ3) is 6.96. The first-order valence-corrected chi connectivity index (χ1v) is 8.00. The largest absolute Gasteiger partial charge is 0.396 e. The van der Waals surface area contributed by atoms with E-state index in [0.29, 0.717) is 6.61 Å². The van der Waals surface area contributed by atoms with E-state index in [4.69, 9.17) is 5.11 Å². The maximum absolute atomic E-state index is 8.81. The van der Waals surface area contributed by atoms with Crippen molar-refractivity contribution in [3.8, 4) is 0 Å². The van der Waals surface area contributed by atoms with Crippen LogP contribution in [-0.4, -0.2) is 30.8 Å². The third-order valence-corrected chi connectivity index (χ3v) is 3.65. The second kappa shape index (κ2) is 8.40. The summed E-state index contributed by atoms with van der Waals surface area (Å²) < 4.78 is 0. The Balaban J connectivity index is 2.56. The molecule has 1 rings (SSSR count). The van der Waals surface area contributed by atoms with Gasteiger partial charge in [0, 0.05) is 38.0 Å². The van der Waals surface area contributed by atoms with E-state index < -0.39 is 0 Å². The SMILES string of the molecule is Cc1cc(CNC(C)(C)C)ccc1N(C)CCCCCO. The van der Waals surface area contributed by atoms with Crippen LogP contribution in [0, 0.1) is 6.92 Å². The molecule has 0 aliphatic carbocycles. The zero-order valence-corrected chi connectivity index (χ0v) is 14.4. The fourth-order valence-corrected chi connectivity index (χ4v) is 2.38. The predicted molar refractivity (Wildman–Crippen MR) is 92.0 cm³/mol. The van der Waals surface area contributed by atoms with Crippen LogP contribution >= 0.6 is 0 Å². The van der Waals surface area contributed by atoms with Crippen LogP contribution in [0.4, 0.5) is 5.69 Å². The number of aliphatic hydroxyl groups is 1. The Morgan fingerprint density at radius 1 is 1.14 bits per heavy atom. The lowest BCUT2D eigenvalue weighted by Crippen LogP contribution is -2.35. The molecule has 0 saturated heterocycles. The number of hydrogen-bond donors (Lipinski definition) is 2. The number of unbranched alkanes of at least 4 members (excludes halogenated alkanes) is 2. The highest BCUT2D eigenvalue weighted by Gasteiger charge is 2.10. The van der Waals surface area contributed by atoms with Crippen molar-refractivity contribution in [3.63, 3.8) is 0 Å². The van der Waals surface area contributed by atoms with Crippen molar-refractivity contribution in [1.82, 2.24) is 5.32 Å². The zero-order chi connectivity index (χ0) is 15.9. The van der Waals surface area contributed by atoms with E-state index in [0.717, 1.165) is 32.4 Å². The highest BCUT2D eigenvalue weighted by atomic mass is 16.2. The van der Waals surface area contributed by atoms with Crippen LogP contribution in [0.25, 0.3) is 0 Å². The summed E-state index contributed by atoms with van der Waals surface area (Å²) in [6, 6.07) is 6.71. The Bertz CT molecular complexity index is 424. The maximum Gasteiger partial charge on any atom is 0.0431 e. The van der Waals surface area contributed by atoms with Gasteiger partial charge in [-0.25, -0.2) is 0 Å². The smallest absolute Gasteiger partial charge is 0.0431 e. The Morgan fingerprint density at radius 2 is 1.86 bits per heavy atom. The molecule has 0 aromatic heterocycles. The van der Waals surface area contributed by atoms with Crippen molar-refractivity contribution in [1.29, 1.82) is 0 Å². The molecule has 0 spiro atoms. The fraction of sp³-hybridized carbons (Fsp3) is 0.667. The molecule has 1 aromatic carbocycles. The number of aliphatic hydroxyl groups excluding tert-OH is 1. The van der Waals surface area contributed by atoms with Gasteiger partial charge in [0.15, 0.2) is 0 Å². The number of benzene rings is 1. The first-order valence-electron chi connectivity index (χ1n) is 8.00. The first kappa shape index (κ1) is 18.0. The van der Waals surface area contributed by atoms with Gasteiger partial charge in [0.05, 0.1) is 0 Å². The van der Waals surface area contributed by atoms with Crippen molar-refractivity contribution in [2.45, 2.75) is 59.0 Å². The van der Waals surface area contributed by atoms with Crippen molar-refractivity contribution >= 4 is 5.69 Å². The van der Waals surface area contributed by atoms with Crippen LogP contribution in [0.1, 0.15) is 51.2 Å². The van der Waals surface area contributed by atoms with Crippen molar-refractivity contribution in [2.24, 2.45) is 0 Å². The molecule has 120 valence electrons. The molecule has 3 heteroatoms. The van der Waals surface area contributed by atoms with Crippen LogP contribution in [0.15, 0.2) is 18.2 Å². The fourth-order valence-electron chi connectivity index (χ4n) is 2.38. The number of nitrogens with zero attached hydrogens (tertiary/aromatic N) is 1. The van der Waals surface area contributed by atoms with Crippen LogP contribution in [0.5, 0.6) is 0 Å². The number of nitrogens with one attached hydrogen (secondary N) is 1. The van der Waals surface area contributed by atoms with Gasteiger partial charge in [-0.05, 0) is 64.2 Å². The summed E-state index contributed by atoms with van der Waals surface area (Å²) in [5, 5.41) is 12.3. The molecule has 0 aliphatic rings. The molecule has 1 aromatic rings. The molecule has 0 saturated carbocycles. The first-order chi connectivity index (χ1) is 9.83. The normalized spacial score (nSPS) is 11.7. The van der Waals surface area contributed by atoms with Gasteiger partial charge in [-0.3, -0.25) is 0 Å². The quantitative estimate of drug-likeness (QED) is 0.720. The number of anilines is 1. The van der Waals surface area contributed by atoms with Gasteiger partial charge in [0.2, 0.25) is 0 Å². The minimum atomic E-state index is 0.149. The summed E-state index contributed by atoms with van der Waals surface area (Å²) >= 11 is 0.